The van der Waals surface area contributed by atoms with Gasteiger partial charge in [0.15, 0.2) is 6.10 Å². The maximum Gasteiger partial charge on any atom is 0.306 e. The predicted molar refractivity (Wildman–Crippen MR) is 233 cm³/mol. The minimum atomic E-state index is -0.800. The predicted octanol–water partition coefficient (Wildman–Crippen LogP) is 14.1. The quantitative estimate of drug-likeness (QED) is 0.0270. The largest absolute Gasteiger partial charge is 0.462 e. The lowest BCUT2D eigenvalue weighted by molar-refractivity contribution is -0.167. The molecule has 0 rings (SSSR count). The molecule has 0 aliphatic carbocycles. The summed E-state index contributed by atoms with van der Waals surface area (Å²) >= 11 is 0. The van der Waals surface area contributed by atoms with E-state index in [-0.39, 0.29) is 31.1 Å². The summed E-state index contributed by atoms with van der Waals surface area (Å²) in [7, 11) is 0. The Bertz CT molecular complexity index is 1110. The van der Waals surface area contributed by atoms with E-state index in [0.29, 0.717) is 19.3 Å². The second-order valence-corrected chi connectivity index (χ2v) is 14.2. The van der Waals surface area contributed by atoms with Gasteiger partial charge in [-0.1, -0.05) is 151 Å². The molecule has 0 aliphatic heterocycles. The van der Waals surface area contributed by atoms with E-state index in [0.717, 1.165) is 122 Å². The van der Waals surface area contributed by atoms with Gasteiger partial charge in [0.2, 0.25) is 0 Å². The van der Waals surface area contributed by atoms with Crippen LogP contribution < -0.4 is 0 Å². The minimum absolute atomic E-state index is 0.103. The Hall–Kier alpha value is -3.41. The van der Waals surface area contributed by atoms with Crippen molar-refractivity contribution in [2.24, 2.45) is 0 Å². The molecule has 0 amide bonds. The third kappa shape index (κ3) is 41.6. The van der Waals surface area contributed by atoms with Crippen LogP contribution >= 0.6 is 0 Å². The van der Waals surface area contributed by atoms with Crippen LogP contribution in [0, 0.1) is 0 Å². The van der Waals surface area contributed by atoms with Gasteiger partial charge in [0.1, 0.15) is 13.2 Å². The van der Waals surface area contributed by atoms with Gasteiger partial charge in [0.25, 0.3) is 0 Å². The summed E-state index contributed by atoms with van der Waals surface area (Å²) in [5.41, 5.74) is 0. The van der Waals surface area contributed by atoms with Gasteiger partial charge < -0.3 is 14.2 Å². The molecule has 0 aromatic rings. The smallest absolute Gasteiger partial charge is 0.306 e. The molecule has 0 saturated heterocycles. The van der Waals surface area contributed by atoms with Gasteiger partial charge in [-0.2, -0.15) is 0 Å². The lowest BCUT2D eigenvalue weighted by atomic mass is 10.1. The Morgan fingerprint density at radius 2 is 0.655 bits per heavy atom. The van der Waals surface area contributed by atoms with Crippen molar-refractivity contribution < 1.29 is 28.6 Å². The third-order valence-corrected chi connectivity index (χ3v) is 8.88. The van der Waals surface area contributed by atoms with Gasteiger partial charge in [-0.3, -0.25) is 14.4 Å². The van der Waals surface area contributed by atoms with E-state index in [1.54, 1.807) is 0 Å². The topological polar surface area (TPSA) is 78.9 Å². The van der Waals surface area contributed by atoms with E-state index in [1.807, 2.05) is 0 Å². The standard InChI is InChI=1S/C49H80O6/c1-4-7-10-13-16-19-21-23-25-27-30-33-36-39-42-48(51)54-45-46(44-53-47(50)41-38-35-32-29-18-15-12-9-6-3)55-49(52)43-40-37-34-31-28-26-24-22-20-17-14-11-8-5-2/h7-12,16-20,23,25,29,46H,4-6,13-15,21-22,24,26-28,30-45H2,1-3H3/b10-7-,11-8-,12-9-,19-16-,20-17-,25-23-,29-18-. The zero-order valence-corrected chi connectivity index (χ0v) is 35.4. The average Bonchev–Trinajstić information content (AvgIpc) is 3.18. The number of carbonyl (C=O) groups excluding carboxylic acids is 3. The third-order valence-electron chi connectivity index (χ3n) is 8.88. The van der Waals surface area contributed by atoms with Crippen molar-refractivity contribution in [2.45, 2.75) is 194 Å². The fraction of sp³-hybridized carbons (Fsp3) is 0.653. The number of unbranched alkanes of at least 4 members (excludes halogenated alkanes) is 13. The molecule has 0 bridgehead atoms. The van der Waals surface area contributed by atoms with Gasteiger partial charge in [0, 0.05) is 19.3 Å². The molecule has 0 radical (unpaired) electrons. The molecule has 312 valence electrons. The van der Waals surface area contributed by atoms with Crippen LogP contribution in [0.2, 0.25) is 0 Å². The first-order valence-corrected chi connectivity index (χ1v) is 22.1. The van der Waals surface area contributed by atoms with E-state index in [4.69, 9.17) is 14.2 Å². The first-order valence-electron chi connectivity index (χ1n) is 22.1. The van der Waals surface area contributed by atoms with Crippen molar-refractivity contribution in [1.29, 1.82) is 0 Å². The van der Waals surface area contributed by atoms with Gasteiger partial charge in [-0.25, -0.2) is 0 Å². The number of rotatable bonds is 38. The van der Waals surface area contributed by atoms with Gasteiger partial charge >= 0.3 is 17.9 Å². The van der Waals surface area contributed by atoms with Crippen molar-refractivity contribution in [1.82, 2.24) is 0 Å². The second kappa shape index (κ2) is 43.3. The highest BCUT2D eigenvalue weighted by Crippen LogP contribution is 2.13. The van der Waals surface area contributed by atoms with Gasteiger partial charge in [-0.15, -0.1) is 0 Å². The molecule has 6 nitrogen and oxygen atoms in total. The Labute approximate surface area is 337 Å². The van der Waals surface area contributed by atoms with Crippen LogP contribution in [-0.4, -0.2) is 37.2 Å². The van der Waals surface area contributed by atoms with E-state index in [9.17, 15) is 14.4 Å². The summed E-state index contributed by atoms with van der Waals surface area (Å²) in [6.07, 6.45) is 54.3. The van der Waals surface area contributed by atoms with Crippen LogP contribution in [0.25, 0.3) is 0 Å². The molecule has 0 saturated carbocycles. The first-order chi connectivity index (χ1) is 27.0. The molecule has 0 heterocycles. The normalized spacial score (nSPS) is 12.9. The van der Waals surface area contributed by atoms with Crippen LogP contribution in [0.5, 0.6) is 0 Å². The number of carbonyl (C=O) groups is 3. The van der Waals surface area contributed by atoms with Crippen LogP contribution in [0.1, 0.15) is 188 Å². The molecular weight excluding hydrogens is 685 g/mol. The number of esters is 3. The number of ether oxygens (including phenoxy) is 3. The van der Waals surface area contributed by atoms with Gasteiger partial charge in [-0.05, 0) is 103 Å². The molecule has 55 heavy (non-hydrogen) atoms. The van der Waals surface area contributed by atoms with E-state index < -0.39 is 6.10 Å². The molecule has 1 unspecified atom stereocenters. The van der Waals surface area contributed by atoms with Gasteiger partial charge in [0.05, 0.1) is 0 Å². The van der Waals surface area contributed by atoms with Crippen molar-refractivity contribution in [3.05, 3.63) is 85.1 Å². The Kier molecular flexibility index (Phi) is 40.6. The zero-order chi connectivity index (χ0) is 40.1. The monoisotopic (exact) mass is 765 g/mol. The van der Waals surface area contributed by atoms with Crippen LogP contribution in [-0.2, 0) is 28.6 Å². The molecular formula is C49H80O6. The maximum absolute atomic E-state index is 12.7. The molecule has 0 aromatic heterocycles. The van der Waals surface area contributed by atoms with Crippen molar-refractivity contribution in [2.75, 3.05) is 13.2 Å². The molecule has 0 aromatic carbocycles. The summed E-state index contributed by atoms with van der Waals surface area (Å²) < 4.78 is 16.6. The summed E-state index contributed by atoms with van der Waals surface area (Å²) in [6.45, 7) is 6.21. The molecule has 1 atom stereocenters. The summed E-state index contributed by atoms with van der Waals surface area (Å²) in [6, 6.07) is 0. The average molecular weight is 765 g/mol. The lowest BCUT2D eigenvalue weighted by Gasteiger charge is -2.18. The number of allylic oxidation sites excluding steroid dienone is 14. The highest BCUT2D eigenvalue weighted by molar-refractivity contribution is 5.71. The highest BCUT2D eigenvalue weighted by Gasteiger charge is 2.19. The van der Waals surface area contributed by atoms with Crippen LogP contribution in [0.4, 0.5) is 0 Å². The SMILES string of the molecule is CC/C=C\C/C=C\C/C=C\CCCCCCC(=O)OCC(COC(=O)CCCC/C=C\C/C=C\CC)OC(=O)CCCCCCCCC/C=C\C/C=C\CC. The fourth-order valence-electron chi connectivity index (χ4n) is 5.65. The fourth-order valence-corrected chi connectivity index (χ4v) is 5.65. The number of hydrogen-bond acceptors (Lipinski definition) is 6. The van der Waals surface area contributed by atoms with E-state index >= 15 is 0 Å². The van der Waals surface area contributed by atoms with E-state index in [1.165, 1.54) is 25.7 Å². The molecule has 0 N–H and O–H groups in total. The Morgan fingerprint density at radius 1 is 0.364 bits per heavy atom. The molecule has 6 heteroatoms. The van der Waals surface area contributed by atoms with Crippen LogP contribution in [0.3, 0.4) is 0 Å². The molecule has 0 spiro atoms. The maximum atomic E-state index is 12.7. The minimum Gasteiger partial charge on any atom is -0.462 e. The lowest BCUT2D eigenvalue weighted by Crippen LogP contribution is -2.30. The summed E-state index contributed by atoms with van der Waals surface area (Å²) in [4.78, 5) is 37.6. The Morgan fingerprint density at radius 3 is 1.05 bits per heavy atom. The second-order valence-electron chi connectivity index (χ2n) is 14.2. The highest BCUT2D eigenvalue weighted by atomic mass is 16.6. The molecule has 0 aliphatic rings. The van der Waals surface area contributed by atoms with E-state index in [2.05, 4.69) is 106 Å². The van der Waals surface area contributed by atoms with Crippen LogP contribution in [0.15, 0.2) is 85.1 Å². The molecule has 0 fully saturated rings. The first kappa shape index (κ1) is 51.6. The zero-order valence-electron chi connectivity index (χ0n) is 35.4. The van der Waals surface area contributed by atoms with Crippen molar-refractivity contribution in [3.8, 4) is 0 Å². The Balaban J connectivity index is 4.45. The number of hydrogen-bond donors (Lipinski definition) is 0. The summed E-state index contributed by atoms with van der Waals surface area (Å²) in [5.74, 6) is -0.979. The van der Waals surface area contributed by atoms with Crippen molar-refractivity contribution in [3.63, 3.8) is 0 Å². The summed E-state index contributed by atoms with van der Waals surface area (Å²) in [5, 5.41) is 0. The van der Waals surface area contributed by atoms with Crippen molar-refractivity contribution >= 4 is 17.9 Å².